The van der Waals surface area contributed by atoms with Crippen LogP contribution >= 0.6 is 23.2 Å². The molecule has 156 valence electrons. The molecule has 1 aliphatic rings. The summed E-state index contributed by atoms with van der Waals surface area (Å²) >= 11 is 12.9. The van der Waals surface area contributed by atoms with Crippen LogP contribution in [0.4, 0.5) is 0 Å². The van der Waals surface area contributed by atoms with Crippen molar-refractivity contribution in [2.45, 2.75) is 19.7 Å². The van der Waals surface area contributed by atoms with Crippen molar-refractivity contribution >= 4 is 34.1 Å². The molecule has 4 aromatic rings. The molecule has 1 aliphatic heterocycles. The summed E-state index contributed by atoms with van der Waals surface area (Å²) in [5, 5.41) is 13.4. The van der Waals surface area contributed by atoms with Gasteiger partial charge in [0.05, 0.1) is 28.4 Å². The molecule has 0 fully saturated rings. The molecule has 0 spiro atoms. The largest absolute Gasteiger partial charge is 0.372 e. The van der Waals surface area contributed by atoms with Gasteiger partial charge in [-0.3, -0.25) is 14.7 Å². The lowest BCUT2D eigenvalue weighted by molar-refractivity contribution is 0.0791. The van der Waals surface area contributed by atoms with E-state index >= 15 is 0 Å². The van der Waals surface area contributed by atoms with Crippen LogP contribution in [0.5, 0.6) is 0 Å². The van der Waals surface area contributed by atoms with Crippen molar-refractivity contribution in [3.8, 4) is 11.1 Å². The third-order valence-corrected chi connectivity index (χ3v) is 6.41. The van der Waals surface area contributed by atoms with Crippen LogP contribution in [-0.4, -0.2) is 54.1 Å². The highest BCUT2D eigenvalue weighted by molar-refractivity contribution is 6.45. The maximum atomic E-state index is 6.62. The van der Waals surface area contributed by atoms with E-state index in [1.54, 1.807) is 4.68 Å². The Labute approximate surface area is 183 Å². The number of fused-ring (bicyclic) bond motifs is 3. The van der Waals surface area contributed by atoms with Crippen LogP contribution in [0.2, 0.25) is 10.0 Å². The van der Waals surface area contributed by atoms with E-state index in [9.17, 15) is 0 Å². The minimum atomic E-state index is 0.457. The van der Waals surface area contributed by atoms with Gasteiger partial charge in [0.1, 0.15) is 12.9 Å². The molecule has 10 heteroatoms. The summed E-state index contributed by atoms with van der Waals surface area (Å²) < 4.78 is 9.84. The number of nitrogens with one attached hydrogen (secondary N) is 1. The summed E-state index contributed by atoms with van der Waals surface area (Å²) in [6.45, 7) is 4.47. The summed E-state index contributed by atoms with van der Waals surface area (Å²) in [5.41, 5.74) is 4.42. The number of hydrogen-bond donors (Lipinski definition) is 1. The number of aromatic nitrogens is 6. The fourth-order valence-electron chi connectivity index (χ4n) is 4.08. The quantitative estimate of drug-likeness (QED) is 0.459. The Bertz CT molecular complexity index is 1180. The van der Waals surface area contributed by atoms with E-state index in [-0.39, 0.29) is 0 Å². The molecule has 0 aliphatic carbocycles. The molecule has 3 aromatic heterocycles. The molecule has 0 unspecified atom stereocenters. The predicted molar refractivity (Wildman–Crippen MR) is 115 cm³/mol. The second-order valence-electron chi connectivity index (χ2n) is 7.35. The Morgan fingerprint density at radius 1 is 1.23 bits per heavy atom. The van der Waals surface area contributed by atoms with Gasteiger partial charge >= 0.3 is 0 Å². The van der Waals surface area contributed by atoms with Crippen molar-refractivity contribution < 1.29 is 4.74 Å². The van der Waals surface area contributed by atoms with E-state index in [4.69, 9.17) is 27.9 Å². The Kier molecular flexibility index (Phi) is 5.24. The number of aromatic amines is 1. The zero-order valence-corrected chi connectivity index (χ0v) is 18.0. The molecule has 4 heterocycles. The summed E-state index contributed by atoms with van der Waals surface area (Å²) in [5.74, 6) is 0.822. The van der Waals surface area contributed by atoms with Crippen LogP contribution in [0.25, 0.3) is 22.0 Å². The Morgan fingerprint density at radius 2 is 2.13 bits per heavy atom. The molecule has 5 rings (SSSR count). The summed E-state index contributed by atoms with van der Waals surface area (Å²) in [4.78, 5) is 6.58. The zero-order chi connectivity index (χ0) is 20.7. The third kappa shape index (κ3) is 3.39. The van der Waals surface area contributed by atoms with Crippen molar-refractivity contribution in [3.63, 3.8) is 0 Å². The minimum absolute atomic E-state index is 0.457. The fourth-order valence-corrected chi connectivity index (χ4v) is 4.50. The first-order valence-corrected chi connectivity index (χ1v) is 10.5. The lowest BCUT2D eigenvalue weighted by Crippen LogP contribution is -2.36. The van der Waals surface area contributed by atoms with Gasteiger partial charge in [-0.25, -0.2) is 4.98 Å². The monoisotopic (exact) mass is 445 g/mol. The Morgan fingerprint density at radius 3 is 2.90 bits per heavy atom. The number of halogens is 2. The van der Waals surface area contributed by atoms with E-state index < -0.39 is 0 Å². The zero-order valence-electron chi connectivity index (χ0n) is 16.5. The van der Waals surface area contributed by atoms with E-state index in [2.05, 4.69) is 29.7 Å². The maximum absolute atomic E-state index is 6.62. The van der Waals surface area contributed by atoms with Gasteiger partial charge in [-0.05, 0) is 6.07 Å². The number of hydrogen-bond acceptors (Lipinski definition) is 5. The van der Waals surface area contributed by atoms with E-state index in [1.807, 2.05) is 31.6 Å². The summed E-state index contributed by atoms with van der Waals surface area (Å²) in [7, 11) is 1.87. The van der Waals surface area contributed by atoms with Gasteiger partial charge in [0.25, 0.3) is 0 Å². The van der Waals surface area contributed by atoms with Gasteiger partial charge < -0.3 is 9.30 Å². The molecule has 0 radical (unpaired) electrons. The highest BCUT2D eigenvalue weighted by Gasteiger charge is 2.26. The highest BCUT2D eigenvalue weighted by Crippen LogP contribution is 2.41. The van der Waals surface area contributed by atoms with Crippen molar-refractivity contribution in [1.29, 1.82) is 0 Å². The minimum Gasteiger partial charge on any atom is -0.372 e. The lowest BCUT2D eigenvalue weighted by atomic mass is 10.0. The lowest BCUT2D eigenvalue weighted by Gasteiger charge is -2.29. The first-order chi connectivity index (χ1) is 14.6. The molecule has 0 saturated heterocycles. The van der Waals surface area contributed by atoms with E-state index in [1.165, 1.54) is 12.0 Å². The normalized spacial score (nSPS) is 14.5. The second-order valence-corrected chi connectivity index (χ2v) is 8.13. The topological polar surface area (TPSA) is 76.8 Å². The average Bonchev–Trinajstić information content (AvgIpc) is 3.47. The molecule has 30 heavy (non-hydrogen) atoms. The first kappa shape index (κ1) is 19.6. The molecule has 0 saturated carbocycles. The molecule has 1 N–H and O–H groups in total. The van der Waals surface area contributed by atoms with Crippen LogP contribution < -0.4 is 0 Å². The summed E-state index contributed by atoms with van der Waals surface area (Å²) in [6.07, 6.45) is 5.30. The van der Waals surface area contributed by atoms with Crippen molar-refractivity contribution in [2.24, 2.45) is 7.05 Å². The molecule has 0 amide bonds. The smallest absolute Gasteiger partial charge is 0.152 e. The van der Waals surface area contributed by atoms with Crippen molar-refractivity contribution in [3.05, 3.63) is 52.4 Å². The Hall–Kier alpha value is -2.39. The van der Waals surface area contributed by atoms with Crippen LogP contribution in [0, 0.1) is 0 Å². The maximum Gasteiger partial charge on any atom is 0.152 e. The van der Waals surface area contributed by atoms with Gasteiger partial charge in [-0.2, -0.15) is 10.2 Å². The van der Waals surface area contributed by atoms with Crippen LogP contribution in [0.15, 0.2) is 30.9 Å². The SMILES string of the molecule is Cn1ncnc1COCCN1CCn2c(c(-c3cn[nH]c3)c3ccc(Cl)c(Cl)c32)C1. The van der Waals surface area contributed by atoms with Gasteiger partial charge in [0.15, 0.2) is 5.82 Å². The van der Waals surface area contributed by atoms with Gasteiger partial charge in [0.2, 0.25) is 0 Å². The predicted octanol–water partition coefficient (Wildman–Crippen LogP) is 3.50. The third-order valence-electron chi connectivity index (χ3n) is 5.61. The Balaban J connectivity index is 1.39. The van der Waals surface area contributed by atoms with Crippen LogP contribution in [0.3, 0.4) is 0 Å². The van der Waals surface area contributed by atoms with Crippen molar-refractivity contribution in [2.75, 3.05) is 19.7 Å². The summed E-state index contributed by atoms with van der Waals surface area (Å²) in [6, 6.07) is 3.91. The number of aryl methyl sites for hydroxylation is 1. The van der Waals surface area contributed by atoms with E-state index in [0.717, 1.165) is 54.0 Å². The molecule has 8 nitrogen and oxygen atoms in total. The highest BCUT2D eigenvalue weighted by atomic mass is 35.5. The second kappa shape index (κ2) is 8.03. The number of H-pyrrole nitrogens is 1. The fraction of sp³-hybridized carbons (Fsp3) is 0.350. The molecular weight excluding hydrogens is 425 g/mol. The number of ether oxygens (including phenoxy) is 1. The van der Waals surface area contributed by atoms with Crippen LogP contribution in [0.1, 0.15) is 11.5 Å². The van der Waals surface area contributed by atoms with Gasteiger partial charge in [0, 0.05) is 61.6 Å². The number of rotatable bonds is 6. The van der Waals surface area contributed by atoms with Crippen LogP contribution in [-0.2, 0) is 31.5 Å². The first-order valence-electron chi connectivity index (χ1n) is 9.74. The molecule has 0 atom stereocenters. The standard InChI is InChI=1S/C20H21Cl2N7O/c1-27-17(23-12-26-27)11-30-7-6-28-4-5-29-16(10-28)18(13-8-24-25-9-13)14-2-3-15(21)19(22)20(14)29/h2-3,8-9,12H,4-7,10-11H2,1H3,(H,24,25). The molecule has 0 bridgehead atoms. The number of benzene rings is 1. The van der Waals surface area contributed by atoms with Gasteiger partial charge in [-0.1, -0.05) is 29.3 Å². The van der Waals surface area contributed by atoms with Gasteiger partial charge in [-0.15, -0.1) is 0 Å². The molecule has 1 aromatic carbocycles. The number of nitrogens with zero attached hydrogens (tertiary/aromatic N) is 6. The van der Waals surface area contributed by atoms with E-state index in [0.29, 0.717) is 23.3 Å². The average molecular weight is 446 g/mol. The van der Waals surface area contributed by atoms with Crippen molar-refractivity contribution in [1.82, 2.24) is 34.4 Å². The molecular formula is C20H21Cl2N7O.